The third-order valence-corrected chi connectivity index (χ3v) is 5.08. The fourth-order valence-corrected chi connectivity index (χ4v) is 3.87. The molecule has 1 aromatic carbocycles. The van der Waals surface area contributed by atoms with Crippen LogP contribution in [0.15, 0.2) is 22.7 Å². The van der Waals surface area contributed by atoms with Gasteiger partial charge in [-0.15, -0.1) is 0 Å². The number of rotatable bonds is 3. The topological polar surface area (TPSA) is 43.8 Å². The predicted octanol–water partition coefficient (Wildman–Crippen LogP) is 4.58. The van der Waals surface area contributed by atoms with Crippen molar-refractivity contribution in [3.05, 3.63) is 28.5 Å². The van der Waals surface area contributed by atoms with E-state index in [1.54, 1.807) is 0 Å². The Morgan fingerprint density at radius 2 is 2.10 bits per heavy atom. The van der Waals surface area contributed by atoms with E-state index in [9.17, 15) is 0 Å². The lowest BCUT2D eigenvalue weighted by Gasteiger charge is -2.22. The SMILES string of the molecule is CCCn1c(C2CCCCCC2N)nc2cc(Br)ccc21. The lowest BCUT2D eigenvalue weighted by atomic mass is 9.94. The summed E-state index contributed by atoms with van der Waals surface area (Å²) in [4.78, 5) is 4.96. The van der Waals surface area contributed by atoms with Gasteiger partial charge in [0, 0.05) is 23.0 Å². The van der Waals surface area contributed by atoms with Crippen molar-refractivity contribution in [2.24, 2.45) is 5.73 Å². The van der Waals surface area contributed by atoms with Gasteiger partial charge in [0.15, 0.2) is 0 Å². The molecule has 1 heterocycles. The second-order valence-corrected chi connectivity index (χ2v) is 7.08. The van der Waals surface area contributed by atoms with Gasteiger partial charge in [0.25, 0.3) is 0 Å². The van der Waals surface area contributed by atoms with E-state index in [0.29, 0.717) is 5.92 Å². The lowest BCUT2D eigenvalue weighted by molar-refractivity contribution is 0.463. The van der Waals surface area contributed by atoms with Crippen molar-refractivity contribution in [2.75, 3.05) is 0 Å². The van der Waals surface area contributed by atoms with E-state index >= 15 is 0 Å². The smallest absolute Gasteiger partial charge is 0.114 e. The summed E-state index contributed by atoms with van der Waals surface area (Å²) in [6.45, 7) is 3.25. The lowest BCUT2D eigenvalue weighted by Crippen LogP contribution is -2.29. The molecule has 0 amide bonds. The summed E-state index contributed by atoms with van der Waals surface area (Å²) in [6, 6.07) is 6.65. The molecule has 1 fully saturated rings. The maximum atomic E-state index is 6.47. The Morgan fingerprint density at radius 1 is 1.29 bits per heavy atom. The standard InChI is InChI=1S/C17H24BrN3/c1-2-10-21-16-9-8-12(18)11-15(16)20-17(21)13-6-4-3-5-7-14(13)19/h8-9,11,13-14H,2-7,10,19H2,1H3. The molecule has 1 aliphatic carbocycles. The minimum absolute atomic E-state index is 0.253. The minimum Gasteiger partial charge on any atom is -0.328 e. The molecule has 2 unspecified atom stereocenters. The molecule has 3 nitrogen and oxygen atoms in total. The van der Waals surface area contributed by atoms with E-state index in [2.05, 4.69) is 45.6 Å². The van der Waals surface area contributed by atoms with Crippen LogP contribution in [0.2, 0.25) is 0 Å². The molecule has 1 saturated carbocycles. The van der Waals surface area contributed by atoms with Crippen LogP contribution in [0.25, 0.3) is 11.0 Å². The van der Waals surface area contributed by atoms with Gasteiger partial charge in [0.1, 0.15) is 5.82 Å². The largest absolute Gasteiger partial charge is 0.328 e. The van der Waals surface area contributed by atoms with Gasteiger partial charge in [-0.1, -0.05) is 42.1 Å². The quantitative estimate of drug-likeness (QED) is 0.823. The highest BCUT2D eigenvalue weighted by Crippen LogP contribution is 2.33. The summed E-state index contributed by atoms with van der Waals surface area (Å²) in [5.74, 6) is 1.62. The average Bonchev–Trinajstić information content (AvgIpc) is 2.65. The van der Waals surface area contributed by atoms with Crippen molar-refractivity contribution in [2.45, 2.75) is 64.0 Å². The fraction of sp³-hybridized carbons (Fsp3) is 0.588. The number of nitrogens with zero attached hydrogens (tertiary/aromatic N) is 2. The molecular formula is C17H24BrN3. The summed E-state index contributed by atoms with van der Waals surface area (Å²) in [5.41, 5.74) is 8.79. The molecule has 2 aromatic rings. The van der Waals surface area contributed by atoms with E-state index < -0.39 is 0 Å². The van der Waals surface area contributed by atoms with Crippen LogP contribution in [-0.4, -0.2) is 15.6 Å². The first-order chi connectivity index (χ1) is 10.2. The molecule has 0 aliphatic heterocycles. The number of fused-ring (bicyclic) bond motifs is 1. The zero-order valence-corrected chi connectivity index (χ0v) is 14.3. The summed E-state index contributed by atoms with van der Waals surface area (Å²) in [7, 11) is 0. The number of aromatic nitrogens is 2. The Bertz CT molecular complexity index is 620. The highest BCUT2D eigenvalue weighted by atomic mass is 79.9. The molecule has 1 aliphatic rings. The first-order valence-electron chi connectivity index (χ1n) is 8.12. The maximum absolute atomic E-state index is 6.47. The van der Waals surface area contributed by atoms with Crippen LogP contribution in [0, 0.1) is 0 Å². The average molecular weight is 350 g/mol. The number of aryl methyl sites for hydroxylation is 1. The maximum Gasteiger partial charge on any atom is 0.114 e. The molecule has 21 heavy (non-hydrogen) atoms. The van der Waals surface area contributed by atoms with Crippen molar-refractivity contribution < 1.29 is 0 Å². The van der Waals surface area contributed by atoms with Crippen LogP contribution >= 0.6 is 15.9 Å². The van der Waals surface area contributed by atoms with Crippen molar-refractivity contribution in [1.82, 2.24) is 9.55 Å². The molecule has 0 spiro atoms. The Labute approximate surface area is 135 Å². The molecule has 114 valence electrons. The third kappa shape index (κ3) is 3.02. The van der Waals surface area contributed by atoms with Crippen molar-refractivity contribution in [3.8, 4) is 0 Å². The van der Waals surface area contributed by atoms with Gasteiger partial charge in [-0.25, -0.2) is 4.98 Å². The van der Waals surface area contributed by atoms with Gasteiger partial charge in [-0.3, -0.25) is 0 Å². The molecule has 2 atom stereocenters. The van der Waals surface area contributed by atoms with Gasteiger partial charge in [0.05, 0.1) is 11.0 Å². The highest BCUT2D eigenvalue weighted by Gasteiger charge is 2.27. The van der Waals surface area contributed by atoms with E-state index in [4.69, 9.17) is 10.7 Å². The van der Waals surface area contributed by atoms with Crippen molar-refractivity contribution in [3.63, 3.8) is 0 Å². The fourth-order valence-electron chi connectivity index (χ4n) is 3.52. The number of benzene rings is 1. The zero-order valence-electron chi connectivity index (χ0n) is 12.7. The molecule has 3 rings (SSSR count). The highest BCUT2D eigenvalue weighted by molar-refractivity contribution is 9.10. The van der Waals surface area contributed by atoms with E-state index in [1.165, 1.54) is 37.0 Å². The number of hydrogen-bond acceptors (Lipinski definition) is 2. The number of halogens is 1. The Morgan fingerprint density at radius 3 is 2.90 bits per heavy atom. The summed E-state index contributed by atoms with van der Waals surface area (Å²) in [6.07, 6.45) is 7.27. The first-order valence-corrected chi connectivity index (χ1v) is 8.91. The first kappa shape index (κ1) is 15.0. The Balaban J connectivity index is 2.08. The second kappa shape index (κ2) is 6.49. The number of nitrogens with two attached hydrogens (primary N) is 1. The predicted molar refractivity (Wildman–Crippen MR) is 91.5 cm³/mol. The molecule has 0 radical (unpaired) electrons. The molecule has 0 bridgehead atoms. The second-order valence-electron chi connectivity index (χ2n) is 6.16. The Hall–Kier alpha value is -0.870. The molecule has 2 N–H and O–H groups in total. The minimum atomic E-state index is 0.253. The number of imidazole rings is 1. The molecular weight excluding hydrogens is 326 g/mol. The van der Waals surface area contributed by atoms with E-state index in [-0.39, 0.29) is 6.04 Å². The van der Waals surface area contributed by atoms with Crippen LogP contribution in [0.4, 0.5) is 0 Å². The summed E-state index contributed by atoms with van der Waals surface area (Å²) < 4.78 is 3.49. The zero-order chi connectivity index (χ0) is 14.8. The molecule has 1 aromatic heterocycles. The summed E-state index contributed by atoms with van der Waals surface area (Å²) in [5, 5.41) is 0. The summed E-state index contributed by atoms with van der Waals surface area (Å²) >= 11 is 3.55. The third-order valence-electron chi connectivity index (χ3n) is 4.59. The van der Waals surface area contributed by atoms with Gasteiger partial charge < -0.3 is 10.3 Å². The van der Waals surface area contributed by atoms with Gasteiger partial charge in [-0.05, 0) is 37.5 Å². The molecule has 4 heteroatoms. The van der Waals surface area contributed by atoms with E-state index in [1.807, 2.05) is 0 Å². The van der Waals surface area contributed by atoms with Gasteiger partial charge >= 0.3 is 0 Å². The normalized spacial score (nSPS) is 23.4. The Kier molecular flexibility index (Phi) is 4.65. The van der Waals surface area contributed by atoms with Crippen LogP contribution in [0.3, 0.4) is 0 Å². The van der Waals surface area contributed by atoms with Crippen molar-refractivity contribution >= 4 is 27.0 Å². The van der Waals surface area contributed by atoms with Crippen LogP contribution < -0.4 is 5.73 Å². The van der Waals surface area contributed by atoms with Gasteiger partial charge in [-0.2, -0.15) is 0 Å². The van der Waals surface area contributed by atoms with Crippen LogP contribution in [0.1, 0.15) is 57.2 Å². The monoisotopic (exact) mass is 349 g/mol. The molecule has 0 saturated heterocycles. The van der Waals surface area contributed by atoms with E-state index in [0.717, 1.165) is 29.4 Å². The number of hydrogen-bond donors (Lipinski definition) is 1. The van der Waals surface area contributed by atoms with Crippen LogP contribution in [-0.2, 0) is 6.54 Å². The van der Waals surface area contributed by atoms with Gasteiger partial charge in [0.2, 0.25) is 0 Å². The van der Waals surface area contributed by atoms with Crippen molar-refractivity contribution in [1.29, 1.82) is 0 Å². The van der Waals surface area contributed by atoms with Crippen LogP contribution in [0.5, 0.6) is 0 Å².